The van der Waals surface area contributed by atoms with Crippen molar-refractivity contribution in [3.8, 4) is 0 Å². The highest BCUT2D eigenvalue weighted by atomic mass is 35.5. The second-order valence-electron chi connectivity index (χ2n) is 3.77. The van der Waals surface area contributed by atoms with Crippen LogP contribution < -0.4 is 5.73 Å². The second kappa shape index (κ2) is 5.32. The molecule has 0 aromatic heterocycles. The Morgan fingerprint density at radius 1 is 1.44 bits per heavy atom. The van der Waals surface area contributed by atoms with Crippen LogP contribution >= 0.6 is 11.6 Å². The van der Waals surface area contributed by atoms with Crippen LogP contribution in [0.1, 0.15) is 25.3 Å². The van der Waals surface area contributed by atoms with Gasteiger partial charge < -0.3 is 10.5 Å². The van der Waals surface area contributed by atoms with Crippen LogP contribution in [0.2, 0.25) is 5.02 Å². The molecule has 0 saturated heterocycles. The first-order chi connectivity index (χ1) is 7.51. The number of rotatable bonds is 4. The summed E-state index contributed by atoms with van der Waals surface area (Å²) >= 11 is 5.81. The van der Waals surface area contributed by atoms with Crippen LogP contribution in [0.5, 0.6) is 0 Å². The second-order valence-corrected chi connectivity index (χ2v) is 4.21. The lowest BCUT2D eigenvalue weighted by Crippen LogP contribution is -2.38. The van der Waals surface area contributed by atoms with Gasteiger partial charge in [0.2, 0.25) is 0 Å². The first kappa shape index (κ1) is 13.0. The van der Waals surface area contributed by atoms with Crippen molar-refractivity contribution >= 4 is 17.6 Å². The van der Waals surface area contributed by atoms with Gasteiger partial charge in [-0.05, 0) is 24.1 Å². The molecule has 0 fully saturated rings. The van der Waals surface area contributed by atoms with Gasteiger partial charge in [-0.15, -0.1) is 0 Å². The molecule has 0 bridgehead atoms. The van der Waals surface area contributed by atoms with Gasteiger partial charge in [0.25, 0.3) is 0 Å². The van der Waals surface area contributed by atoms with Crippen molar-refractivity contribution in [3.63, 3.8) is 0 Å². The molecule has 3 nitrogen and oxygen atoms in total. The van der Waals surface area contributed by atoms with Crippen molar-refractivity contribution in [1.82, 2.24) is 0 Å². The van der Waals surface area contributed by atoms with E-state index < -0.39 is 5.54 Å². The Morgan fingerprint density at radius 2 is 2.00 bits per heavy atom. The predicted molar refractivity (Wildman–Crippen MR) is 64.2 cm³/mol. The molecule has 1 unspecified atom stereocenters. The summed E-state index contributed by atoms with van der Waals surface area (Å²) in [6, 6.07) is 7.22. The zero-order valence-corrected chi connectivity index (χ0v) is 10.3. The van der Waals surface area contributed by atoms with Crippen molar-refractivity contribution in [3.05, 3.63) is 34.9 Å². The lowest BCUT2D eigenvalue weighted by atomic mass is 9.85. The maximum atomic E-state index is 11.3. The molecule has 0 aliphatic rings. The van der Waals surface area contributed by atoms with Gasteiger partial charge in [0, 0.05) is 5.02 Å². The molecule has 0 aliphatic heterocycles. The fourth-order valence-corrected chi connectivity index (χ4v) is 1.67. The molecule has 1 rings (SSSR count). The average molecular weight is 242 g/mol. The van der Waals surface area contributed by atoms with E-state index >= 15 is 0 Å². The van der Waals surface area contributed by atoms with Crippen LogP contribution in [0.25, 0.3) is 0 Å². The van der Waals surface area contributed by atoms with Crippen molar-refractivity contribution in [1.29, 1.82) is 0 Å². The predicted octanol–water partition coefficient (Wildman–Crippen LogP) is 2.47. The van der Waals surface area contributed by atoms with Gasteiger partial charge in [-0.25, -0.2) is 0 Å². The Kier molecular flexibility index (Phi) is 4.33. The summed E-state index contributed by atoms with van der Waals surface area (Å²) in [6.07, 6.45) is 0.825. The highest BCUT2D eigenvalue weighted by Gasteiger charge is 2.28. The van der Waals surface area contributed by atoms with Crippen LogP contribution in [0.3, 0.4) is 0 Å². The van der Waals surface area contributed by atoms with E-state index in [2.05, 4.69) is 4.74 Å². The number of halogens is 1. The monoisotopic (exact) mass is 241 g/mol. The third kappa shape index (κ3) is 2.97. The molecule has 1 aromatic carbocycles. The van der Waals surface area contributed by atoms with Gasteiger partial charge in [0.15, 0.2) is 0 Å². The molecule has 0 amide bonds. The third-order valence-electron chi connectivity index (χ3n) is 2.74. The van der Waals surface area contributed by atoms with Gasteiger partial charge in [-0.2, -0.15) is 0 Å². The zero-order valence-electron chi connectivity index (χ0n) is 9.50. The Hall–Kier alpha value is -1.06. The normalized spacial score (nSPS) is 14.2. The van der Waals surface area contributed by atoms with E-state index in [9.17, 15) is 4.79 Å². The summed E-state index contributed by atoms with van der Waals surface area (Å²) in [5.41, 5.74) is 6.41. The number of methoxy groups -OCH3 is 1. The lowest BCUT2D eigenvalue weighted by Gasteiger charge is -2.27. The van der Waals surface area contributed by atoms with E-state index in [-0.39, 0.29) is 12.4 Å². The van der Waals surface area contributed by atoms with Crippen LogP contribution in [0.15, 0.2) is 24.3 Å². The Bertz CT molecular complexity index is 364. The summed E-state index contributed by atoms with van der Waals surface area (Å²) in [4.78, 5) is 11.3. The smallest absolute Gasteiger partial charge is 0.307 e. The molecule has 2 N–H and O–H groups in total. The lowest BCUT2D eigenvalue weighted by molar-refractivity contribution is -0.142. The first-order valence-corrected chi connectivity index (χ1v) is 5.51. The molecule has 0 aliphatic carbocycles. The molecule has 1 atom stereocenters. The topological polar surface area (TPSA) is 52.3 Å². The number of hydrogen-bond donors (Lipinski definition) is 1. The molecular formula is C12H16ClNO2. The highest BCUT2D eigenvalue weighted by Crippen LogP contribution is 2.27. The molecule has 4 heteroatoms. The van der Waals surface area contributed by atoms with Crippen LogP contribution in [0.4, 0.5) is 0 Å². The summed E-state index contributed by atoms with van der Waals surface area (Å²) in [5.74, 6) is -0.306. The molecule has 0 heterocycles. The summed E-state index contributed by atoms with van der Waals surface area (Å²) < 4.78 is 4.65. The van der Waals surface area contributed by atoms with E-state index in [0.29, 0.717) is 11.4 Å². The van der Waals surface area contributed by atoms with Gasteiger partial charge >= 0.3 is 5.97 Å². The van der Waals surface area contributed by atoms with E-state index in [1.165, 1.54) is 7.11 Å². The average Bonchev–Trinajstić information content (AvgIpc) is 2.29. The molecule has 0 saturated carbocycles. The third-order valence-corrected chi connectivity index (χ3v) is 2.99. The minimum Gasteiger partial charge on any atom is -0.469 e. The SMILES string of the molecule is CCC(N)(CC(=O)OC)c1ccc(Cl)cc1. The molecule has 0 radical (unpaired) electrons. The molecular weight excluding hydrogens is 226 g/mol. The van der Waals surface area contributed by atoms with Gasteiger partial charge in [-0.3, -0.25) is 4.79 Å². The maximum Gasteiger partial charge on any atom is 0.307 e. The van der Waals surface area contributed by atoms with Crippen molar-refractivity contribution in [2.75, 3.05) is 7.11 Å². The highest BCUT2D eigenvalue weighted by molar-refractivity contribution is 6.30. The first-order valence-electron chi connectivity index (χ1n) is 5.13. The number of nitrogens with two attached hydrogens (primary N) is 1. The number of esters is 1. The minimum absolute atomic E-state index is 0.168. The maximum absolute atomic E-state index is 11.3. The number of hydrogen-bond acceptors (Lipinski definition) is 3. The van der Waals surface area contributed by atoms with E-state index in [4.69, 9.17) is 17.3 Å². The van der Waals surface area contributed by atoms with Crippen LogP contribution in [-0.4, -0.2) is 13.1 Å². The molecule has 1 aromatic rings. The van der Waals surface area contributed by atoms with E-state index in [1.54, 1.807) is 12.1 Å². The number of benzene rings is 1. The fourth-order valence-electron chi connectivity index (χ4n) is 1.54. The van der Waals surface area contributed by atoms with Crippen LogP contribution in [-0.2, 0) is 15.1 Å². The summed E-state index contributed by atoms with van der Waals surface area (Å²) in [6.45, 7) is 1.94. The quantitative estimate of drug-likeness (QED) is 0.824. The van der Waals surface area contributed by atoms with E-state index in [0.717, 1.165) is 5.56 Å². The molecule has 0 spiro atoms. The Balaban J connectivity index is 2.95. The number of carbonyl (C=O) groups excluding carboxylic acids is 1. The fraction of sp³-hybridized carbons (Fsp3) is 0.417. The zero-order chi connectivity index (χ0) is 12.2. The van der Waals surface area contributed by atoms with E-state index in [1.807, 2.05) is 19.1 Å². The van der Waals surface area contributed by atoms with Crippen molar-refractivity contribution < 1.29 is 9.53 Å². The minimum atomic E-state index is -0.683. The summed E-state index contributed by atoms with van der Waals surface area (Å²) in [7, 11) is 1.36. The Morgan fingerprint density at radius 3 is 2.44 bits per heavy atom. The van der Waals surface area contributed by atoms with Gasteiger partial charge in [-0.1, -0.05) is 30.7 Å². The van der Waals surface area contributed by atoms with Crippen molar-refractivity contribution in [2.24, 2.45) is 5.73 Å². The largest absolute Gasteiger partial charge is 0.469 e. The van der Waals surface area contributed by atoms with Crippen molar-refractivity contribution in [2.45, 2.75) is 25.3 Å². The Labute approximate surface area is 101 Å². The number of carbonyl (C=O) groups is 1. The molecule has 16 heavy (non-hydrogen) atoms. The van der Waals surface area contributed by atoms with Gasteiger partial charge in [0.05, 0.1) is 19.1 Å². The standard InChI is InChI=1S/C12H16ClNO2/c1-3-12(14,8-11(15)16-2)9-4-6-10(13)7-5-9/h4-7H,3,8,14H2,1-2H3. The van der Waals surface area contributed by atoms with Gasteiger partial charge in [0.1, 0.15) is 0 Å². The number of ether oxygens (including phenoxy) is 1. The molecule has 88 valence electrons. The van der Waals surface area contributed by atoms with Crippen LogP contribution in [0, 0.1) is 0 Å². The summed E-state index contributed by atoms with van der Waals surface area (Å²) in [5, 5.41) is 0.653.